The summed E-state index contributed by atoms with van der Waals surface area (Å²) in [7, 11) is 4.08. The molecule has 2 rings (SSSR count). The summed E-state index contributed by atoms with van der Waals surface area (Å²) in [6.45, 7) is 3.49. The average Bonchev–Trinajstić information content (AvgIpc) is 2.65. The Labute approximate surface area is 118 Å². The van der Waals surface area contributed by atoms with Crippen molar-refractivity contribution in [2.75, 3.05) is 38.7 Å². The Morgan fingerprint density at radius 1 is 1.63 bits per heavy atom. The molecule has 0 aromatic carbocycles. The smallest absolute Gasteiger partial charge is 0.276 e. The molecule has 1 aliphatic rings. The maximum atomic E-state index is 12.5. The molecule has 1 unspecified atom stereocenters. The van der Waals surface area contributed by atoms with E-state index in [-0.39, 0.29) is 11.9 Å². The van der Waals surface area contributed by atoms with Gasteiger partial charge in [-0.2, -0.15) is 11.8 Å². The van der Waals surface area contributed by atoms with Crippen LogP contribution in [-0.2, 0) is 0 Å². The first kappa shape index (κ1) is 14.4. The molecule has 0 radical (unpaired) electrons. The van der Waals surface area contributed by atoms with Crippen molar-refractivity contribution in [1.29, 1.82) is 0 Å². The van der Waals surface area contributed by atoms with Crippen molar-refractivity contribution in [3.8, 4) is 0 Å². The van der Waals surface area contributed by atoms with E-state index < -0.39 is 0 Å². The molecule has 0 spiro atoms. The number of rotatable bonds is 3. The fourth-order valence-corrected chi connectivity index (χ4v) is 3.34. The highest BCUT2D eigenvalue weighted by molar-refractivity contribution is 7.99. The lowest BCUT2D eigenvalue weighted by Gasteiger charge is -2.31. The van der Waals surface area contributed by atoms with E-state index in [9.17, 15) is 4.79 Å². The van der Waals surface area contributed by atoms with Gasteiger partial charge in [-0.05, 0) is 33.2 Å². The fraction of sp³-hybridized carbons (Fsp3) is 0.692. The van der Waals surface area contributed by atoms with Crippen molar-refractivity contribution in [1.82, 2.24) is 15.0 Å². The Balaban J connectivity index is 2.14. The van der Waals surface area contributed by atoms with Crippen LogP contribution in [0.1, 0.15) is 22.7 Å². The van der Waals surface area contributed by atoms with Crippen molar-refractivity contribution in [3.63, 3.8) is 0 Å². The quantitative estimate of drug-likeness (QED) is 0.841. The zero-order valence-electron chi connectivity index (χ0n) is 11.8. The summed E-state index contributed by atoms with van der Waals surface area (Å²) >= 11 is 1.92. The van der Waals surface area contributed by atoms with Crippen molar-refractivity contribution in [3.05, 3.63) is 17.5 Å². The summed E-state index contributed by atoms with van der Waals surface area (Å²) in [6.07, 6.45) is 1.04. The number of hydrogen-bond donors (Lipinski definition) is 0. The van der Waals surface area contributed by atoms with Gasteiger partial charge in [0.15, 0.2) is 5.69 Å². The second kappa shape index (κ2) is 6.43. The fourth-order valence-electron chi connectivity index (χ4n) is 2.28. The topological polar surface area (TPSA) is 49.6 Å². The van der Waals surface area contributed by atoms with Crippen LogP contribution >= 0.6 is 11.8 Å². The maximum Gasteiger partial charge on any atom is 0.276 e. The van der Waals surface area contributed by atoms with E-state index in [1.165, 1.54) is 0 Å². The molecule has 1 atom stereocenters. The summed E-state index contributed by atoms with van der Waals surface area (Å²) in [4.78, 5) is 16.6. The van der Waals surface area contributed by atoms with E-state index in [1.54, 1.807) is 13.0 Å². The number of aromatic nitrogens is 1. The first-order chi connectivity index (χ1) is 9.08. The zero-order valence-corrected chi connectivity index (χ0v) is 12.6. The molecule has 6 heteroatoms. The van der Waals surface area contributed by atoms with Gasteiger partial charge < -0.3 is 14.3 Å². The van der Waals surface area contributed by atoms with E-state index in [2.05, 4.69) is 10.1 Å². The second-order valence-corrected chi connectivity index (χ2v) is 6.32. The van der Waals surface area contributed by atoms with Gasteiger partial charge in [-0.15, -0.1) is 0 Å². The first-order valence-electron chi connectivity index (χ1n) is 6.54. The molecule has 5 nitrogen and oxygen atoms in total. The molecule has 0 bridgehead atoms. The summed E-state index contributed by atoms with van der Waals surface area (Å²) in [5.41, 5.74) is 0.424. The summed E-state index contributed by atoms with van der Waals surface area (Å²) in [5.74, 6) is 2.77. The largest absolute Gasteiger partial charge is 0.361 e. The van der Waals surface area contributed by atoms with Crippen LogP contribution in [0.5, 0.6) is 0 Å². The third kappa shape index (κ3) is 3.73. The lowest BCUT2D eigenvalue weighted by molar-refractivity contribution is 0.0665. The van der Waals surface area contributed by atoms with Gasteiger partial charge in [-0.1, -0.05) is 5.16 Å². The molecular formula is C13H21N3O2S. The van der Waals surface area contributed by atoms with E-state index in [4.69, 9.17) is 4.52 Å². The van der Waals surface area contributed by atoms with E-state index >= 15 is 0 Å². The zero-order chi connectivity index (χ0) is 13.8. The number of carbonyl (C=O) groups excluding carboxylic acids is 1. The van der Waals surface area contributed by atoms with Crippen LogP contribution in [0.3, 0.4) is 0 Å². The minimum Gasteiger partial charge on any atom is -0.361 e. The summed E-state index contributed by atoms with van der Waals surface area (Å²) in [6, 6.07) is 1.96. The number of thioether (sulfide) groups is 1. The number of carbonyl (C=O) groups is 1. The first-order valence-corrected chi connectivity index (χ1v) is 7.70. The second-order valence-electron chi connectivity index (χ2n) is 5.17. The minimum absolute atomic E-state index is 0.00815. The predicted octanol–water partition coefficient (Wildman–Crippen LogP) is 1.49. The normalized spacial score (nSPS) is 20.6. The van der Waals surface area contributed by atoms with Crippen LogP contribution < -0.4 is 0 Å². The molecule has 0 saturated carbocycles. The number of nitrogens with zero attached hydrogens (tertiary/aromatic N) is 3. The van der Waals surface area contributed by atoms with Crippen molar-refractivity contribution >= 4 is 17.7 Å². The molecule has 19 heavy (non-hydrogen) atoms. The Morgan fingerprint density at radius 2 is 2.42 bits per heavy atom. The van der Waals surface area contributed by atoms with Gasteiger partial charge in [0.25, 0.3) is 5.91 Å². The summed E-state index contributed by atoms with van der Waals surface area (Å²) in [5, 5.41) is 3.85. The van der Waals surface area contributed by atoms with Gasteiger partial charge in [-0.25, -0.2) is 0 Å². The number of aryl methyl sites for hydroxylation is 1. The molecule has 1 fully saturated rings. The molecule has 1 aromatic rings. The standard InChI is InChI=1S/C13H21N3O2S/c1-10-7-12(14-18-10)13(17)16-5-4-6-19-9-11(16)8-15(2)3/h7,11H,4-6,8-9H2,1-3H3. The molecule has 2 heterocycles. The Kier molecular flexibility index (Phi) is 4.87. The minimum atomic E-state index is -0.00815. The van der Waals surface area contributed by atoms with Crippen LogP contribution in [0, 0.1) is 6.92 Å². The highest BCUT2D eigenvalue weighted by Crippen LogP contribution is 2.19. The number of hydrogen-bond acceptors (Lipinski definition) is 5. The van der Waals surface area contributed by atoms with E-state index in [0.29, 0.717) is 11.5 Å². The van der Waals surface area contributed by atoms with Gasteiger partial charge in [0, 0.05) is 24.9 Å². The summed E-state index contributed by atoms with van der Waals surface area (Å²) < 4.78 is 5.01. The Hall–Kier alpha value is -1.01. The monoisotopic (exact) mass is 283 g/mol. The lowest BCUT2D eigenvalue weighted by Crippen LogP contribution is -2.46. The van der Waals surface area contributed by atoms with Gasteiger partial charge in [0.05, 0.1) is 6.04 Å². The van der Waals surface area contributed by atoms with Crippen molar-refractivity contribution in [2.45, 2.75) is 19.4 Å². The van der Waals surface area contributed by atoms with Crippen LogP contribution in [0.2, 0.25) is 0 Å². The third-order valence-electron chi connectivity index (χ3n) is 3.12. The van der Waals surface area contributed by atoms with Crippen LogP contribution in [-0.4, -0.2) is 65.6 Å². The third-order valence-corrected chi connectivity index (χ3v) is 4.32. The van der Waals surface area contributed by atoms with Gasteiger partial charge in [0.1, 0.15) is 5.76 Å². The molecule has 106 valence electrons. The van der Waals surface area contributed by atoms with Gasteiger partial charge in [-0.3, -0.25) is 4.79 Å². The lowest BCUT2D eigenvalue weighted by atomic mass is 10.2. The Morgan fingerprint density at radius 3 is 3.05 bits per heavy atom. The van der Waals surface area contributed by atoms with Crippen LogP contribution in [0.25, 0.3) is 0 Å². The molecule has 1 saturated heterocycles. The van der Waals surface area contributed by atoms with Gasteiger partial charge >= 0.3 is 0 Å². The van der Waals surface area contributed by atoms with E-state index in [1.807, 2.05) is 30.8 Å². The van der Waals surface area contributed by atoms with Crippen LogP contribution in [0.4, 0.5) is 0 Å². The predicted molar refractivity (Wildman–Crippen MR) is 76.6 cm³/mol. The highest BCUT2D eigenvalue weighted by Gasteiger charge is 2.28. The number of likely N-dealkylation sites (N-methyl/N-ethyl adjacent to an activating group) is 1. The highest BCUT2D eigenvalue weighted by atomic mass is 32.2. The molecule has 1 amide bonds. The average molecular weight is 283 g/mol. The van der Waals surface area contributed by atoms with Crippen molar-refractivity contribution < 1.29 is 9.32 Å². The van der Waals surface area contributed by atoms with E-state index in [0.717, 1.165) is 31.0 Å². The number of amides is 1. The van der Waals surface area contributed by atoms with Crippen molar-refractivity contribution in [2.24, 2.45) is 0 Å². The SMILES string of the molecule is Cc1cc(C(=O)N2CCCSCC2CN(C)C)no1. The Bertz CT molecular complexity index is 433. The molecule has 0 aliphatic carbocycles. The maximum absolute atomic E-state index is 12.5. The van der Waals surface area contributed by atoms with Gasteiger partial charge in [0.2, 0.25) is 0 Å². The molecule has 0 N–H and O–H groups in total. The molecule has 1 aliphatic heterocycles. The molecular weight excluding hydrogens is 262 g/mol. The molecule has 1 aromatic heterocycles. The van der Waals surface area contributed by atoms with Crippen LogP contribution in [0.15, 0.2) is 10.6 Å².